The highest BCUT2D eigenvalue weighted by Crippen LogP contribution is 2.47. The number of nitrogens with two attached hydrogens (primary N) is 1. The summed E-state index contributed by atoms with van der Waals surface area (Å²) in [5.74, 6) is 1.31. The van der Waals surface area contributed by atoms with Crippen LogP contribution in [0.1, 0.15) is 38.5 Å². The summed E-state index contributed by atoms with van der Waals surface area (Å²) in [6.45, 7) is 0.817. The van der Waals surface area contributed by atoms with E-state index in [1.807, 2.05) is 0 Å². The van der Waals surface area contributed by atoms with E-state index in [-0.39, 0.29) is 6.10 Å². The summed E-state index contributed by atoms with van der Waals surface area (Å²) >= 11 is 2.11. The third-order valence-corrected chi connectivity index (χ3v) is 5.63. The molecule has 1 saturated carbocycles. The van der Waals surface area contributed by atoms with E-state index in [0.717, 1.165) is 37.5 Å². The smallest absolute Gasteiger partial charge is 0.0540 e. The van der Waals surface area contributed by atoms with Gasteiger partial charge in [0, 0.05) is 5.25 Å². The Morgan fingerprint density at radius 1 is 1.29 bits per heavy atom. The van der Waals surface area contributed by atoms with Gasteiger partial charge in [0.1, 0.15) is 0 Å². The molecule has 14 heavy (non-hydrogen) atoms. The molecule has 1 atom stereocenters. The van der Waals surface area contributed by atoms with Crippen molar-refractivity contribution in [3.05, 3.63) is 0 Å². The van der Waals surface area contributed by atoms with Crippen LogP contribution in [0.4, 0.5) is 0 Å². The fourth-order valence-electron chi connectivity index (χ4n) is 2.90. The van der Waals surface area contributed by atoms with E-state index in [0.29, 0.717) is 5.41 Å². The average molecular weight is 215 g/mol. The lowest BCUT2D eigenvalue weighted by molar-refractivity contribution is 0.0648. The number of rotatable bonds is 2. The second-order valence-electron chi connectivity index (χ2n) is 4.80. The molecule has 0 spiro atoms. The Labute approximate surface area is 90.6 Å². The van der Waals surface area contributed by atoms with Crippen molar-refractivity contribution in [1.82, 2.24) is 0 Å². The quantitative estimate of drug-likeness (QED) is 0.738. The summed E-state index contributed by atoms with van der Waals surface area (Å²) in [7, 11) is 0. The molecule has 1 heterocycles. The predicted molar refractivity (Wildman–Crippen MR) is 61.4 cm³/mol. The maximum atomic E-state index is 9.53. The van der Waals surface area contributed by atoms with Crippen molar-refractivity contribution in [2.75, 3.05) is 12.3 Å². The summed E-state index contributed by atoms with van der Waals surface area (Å²) in [5, 5.41) is 10.3. The molecule has 0 amide bonds. The maximum Gasteiger partial charge on any atom is 0.0540 e. The first-order valence-corrected chi connectivity index (χ1v) is 6.81. The molecule has 2 rings (SSSR count). The minimum atomic E-state index is -0.0546. The van der Waals surface area contributed by atoms with Crippen LogP contribution in [0.5, 0.6) is 0 Å². The largest absolute Gasteiger partial charge is 0.393 e. The Kier molecular flexibility index (Phi) is 3.40. The van der Waals surface area contributed by atoms with Crippen molar-refractivity contribution >= 4 is 11.8 Å². The minimum absolute atomic E-state index is 0.0546. The molecule has 2 aliphatic rings. The average Bonchev–Trinajstić information content (AvgIpc) is 2.73. The van der Waals surface area contributed by atoms with Crippen molar-refractivity contribution in [2.45, 2.75) is 49.9 Å². The highest BCUT2D eigenvalue weighted by atomic mass is 32.2. The summed E-state index contributed by atoms with van der Waals surface area (Å²) < 4.78 is 0. The molecule has 0 aromatic heterocycles. The molecule has 1 unspecified atom stereocenters. The zero-order chi connectivity index (χ0) is 10.0. The molecule has 82 valence electrons. The lowest BCUT2D eigenvalue weighted by atomic mass is 9.70. The third kappa shape index (κ3) is 1.95. The molecule has 0 aromatic rings. The Morgan fingerprint density at radius 3 is 2.50 bits per heavy atom. The number of aliphatic hydroxyl groups is 1. The van der Waals surface area contributed by atoms with Crippen LogP contribution in [0, 0.1) is 5.41 Å². The minimum Gasteiger partial charge on any atom is -0.393 e. The van der Waals surface area contributed by atoms with E-state index in [4.69, 9.17) is 5.73 Å². The first-order valence-electron chi connectivity index (χ1n) is 5.76. The van der Waals surface area contributed by atoms with Gasteiger partial charge in [0.15, 0.2) is 0 Å². The van der Waals surface area contributed by atoms with Gasteiger partial charge >= 0.3 is 0 Å². The van der Waals surface area contributed by atoms with Crippen LogP contribution >= 0.6 is 11.8 Å². The van der Waals surface area contributed by atoms with Crippen LogP contribution in [-0.4, -0.2) is 28.8 Å². The molecular weight excluding hydrogens is 194 g/mol. The number of thioether (sulfide) groups is 1. The van der Waals surface area contributed by atoms with E-state index < -0.39 is 0 Å². The van der Waals surface area contributed by atoms with Crippen molar-refractivity contribution in [3.63, 3.8) is 0 Å². The topological polar surface area (TPSA) is 46.2 Å². The van der Waals surface area contributed by atoms with Gasteiger partial charge in [-0.25, -0.2) is 0 Å². The third-order valence-electron chi connectivity index (χ3n) is 3.97. The van der Waals surface area contributed by atoms with Crippen LogP contribution in [0.15, 0.2) is 0 Å². The van der Waals surface area contributed by atoms with Crippen LogP contribution in [0.2, 0.25) is 0 Å². The molecule has 0 aromatic carbocycles. The van der Waals surface area contributed by atoms with Crippen LogP contribution in [-0.2, 0) is 0 Å². The second kappa shape index (κ2) is 4.42. The van der Waals surface area contributed by atoms with Crippen molar-refractivity contribution in [3.8, 4) is 0 Å². The van der Waals surface area contributed by atoms with Gasteiger partial charge in [0.2, 0.25) is 0 Å². The standard InChI is InChI=1S/C11H21NOS/c12-8-11(10-2-1-7-14-10)5-3-9(13)4-6-11/h9-10,13H,1-8,12H2. The molecule has 1 saturated heterocycles. The predicted octanol–water partition coefficient (Wildman–Crippen LogP) is 1.76. The van der Waals surface area contributed by atoms with Gasteiger partial charge in [-0.1, -0.05) is 0 Å². The van der Waals surface area contributed by atoms with Gasteiger partial charge in [-0.2, -0.15) is 11.8 Å². The Bertz CT molecular complexity index is 184. The number of hydrogen-bond donors (Lipinski definition) is 2. The highest BCUT2D eigenvalue weighted by molar-refractivity contribution is 8.00. The van der Waals surface area contributed by atoms with E-state index in [1.165, 1.54) is 18.6 Å². The molecule has 3 heteroatoms. The SMILES string of the molecule is NCC1(C2CCCS2)CCC(O)CC1. The fourth-order valence-corrected chi connectivity index (χ4v) is 4.53. The van der Waals surface area contributed by atoms with Crippen LogP contribution in [0.3, 0.4) is 0 Å². The van der Waals surface area contributed by atoms with Gasteiger partial charge in [-0.05, 0) is 56.2 Å². The van der Waals surface area contributed by atoms with E-state index in [1.54, 1.807) is 0 Å². The molecule has 0 bridgehead atoms. The summed E-state index contributed by atoms with van der Waals surface area (Å²) in [4.78, 5) is 0. The van der Waals surface area contributed by atoms with Crippen molar-refractivity contribution < 1.29 is 5.11 Å². The molecule has 1 aliphatic carbocycles. The second-order valence-corrected chi connectivity index (χ2v) is 6.11. The lowest BCUT2D eigenvalue weighted by Crippen LogP contribution is -2.43. The summed E-state index contributed by atoms with van der Waals surface area (Å²) in [6.07, 6.45) is 6.87. The van der Waals surface area contributed by atoms with Crippen molar-refractivity contribution in [2.24, 2.45) is 11.1 Å². The first kappa shape index (κ1) is 10.8. The van der Waals surface area contributed by atoms with Crippen LogP contribution < -0.4 is 5.73 Å². The fraction of sp³-hybridized carbons (Fsp3) is 1.00. The zero-order valence-corrected chi connectivity index (χ0v) is 9.56. The van der Waals surface area contributed by atoms with E-state index in [2.05, 4.69) is 11.8 Å². The monoisotopic (exact) mass is 215 g/mol. The van der Waals surface area contributed by atoms with Gasteiger partial charge in [0.25, 0.3) is 0 Å². The van der Waals surface area contributed by atoms with Gasteiger partial charge < -0.3 is 10.8 Å². The van der Waals surface area contributed by atoms with Gasteiger partial charge in [0.05, 0.1) is 6.10 Å². The molecule has 0 radical (unpaired) electrons. The Morgan fingerprint density at radius 2 is 2.00 bits per heavy atom. The molecule has 1 aliphatic heterocycles. The Hall–Kier alpha value is 0.270. The first-order chi connectivity index (χ1) is 6.77. The molecular formula is C11H21NOS. The molecule has 2 fully saturated rings. The maximum absolute atomic E-state index is 9.53. The van der Waals surface area contributed by atoms with Gasteiger partial charge in [-0.3, -0.25) is 0 Å². The van der Waals surface area contributed by atoms with Crippen molar-refractivity contribution in [1.29, 1.82) is 0 Å². The Balaban J connectivity index is 2.01. The highest BCUT2D eigenvalue weighted by Gasteiger charge is 2.41. The number of aliphatic hydroxyl groups excluding tert-OH is 1. The van der Waals surface area contributed by atoms with Gasteiger partial charge in [-0.15, -0.1) is 0 Å². The molecule has 3 N–H and O–H groups in total. The number of hydrogen-bond acceptors (Lipinski definition) is 3. The van der Waals surface area contributed by atoms with E-state index >= 15 is 0 Å². The zero-order valence-electron chi connectivity index (χ0n) is 8.74. The van der Waals surface area contributed by atoms with Crippen LogP contribution in [0.25, 0.3) is 0 Å². The normalized spacial score (nSPS) is 44.1. The van der Waals surface area contributed by atoms with E-state index in [9.17, 15) is 5.11 Å². The lowest BCUT2D eigenvalue weighted by Gasteiger charge is -2.42. The summed E-state index contributed by atoms with van der Waals surface area (Å²) in [6, 6.07) is 0. The summed E-state index contributed by atoms with van der Waals surface area (Å²) in [5.41, 5.74) is 6.33. The molecule has 2 nitrogen and oxygen atoms in total.